The molecule has 4 rings (SSSR count). The lowest BCUT2D eigenvalue weighted by Crippen LogP contribution is -2.34. The van der Waals surface area contributed by atoms with Crippen LogP contribution >= 0.6 is 0 Å². The first-order chi connectivity index (χ1) is 11.8. The fourth-order valence-corrected chi connectivity index (χ4v) is 3.56. The summed E-state index contributed by atoms with van der Waals surface area (Å²) in [7, 11) is 0. The highest BCUT2D eigenvalue weighted by atomic mass is 19.1. The fourth-order valence-electron chi connectivity index (χ4n) is 3.56. The highest BCUT2D eigenvalue weighted by Crippen LogP contribution is 2.34. The summed E-state index contributed by atoms with van der Waals surface area (Å²) in [5, 5.41) is 7.30. The Labute approximate surface area is 140 Å². The summed E-state index contributed by atoms with van der Waals surface area (Å²) in [5.74, 6) is 1.10. The van der Waals surface area contributed by atoms with E-state index in [0.717, 1.165) is 49.5 Å². The fraction of sp³-hybridized carbons (Fsp3) is 0.316. The molecule has 1 atom stereocenters. The molecule has 1 saturated heterocycles. The Morgan fingerprint density at radius 3 is 2.96 bits per heavy atom. The van der Waals surface area contributed by atoms with Gasteiger partial charge >= 0.3 is 0 Å². The van der Waals surface area contributed by atoms with E-state index < -0.39 is 0 Å². The van der Waals surface area contributed by atoms with Crippen molar-refractivity contribution in [1.82, 2.24) is 15.1 Å². The number of aromatic amines is 1. The molecule has 0 aliphatic carbocycles. The van der Waals surface area contributed by atoms with Gasteiger partial charge in [-0.15, -0.1) is 0 Å². The normalized spacial score (nSPS) is 18.8. The van der Waals surface area contributed by atoms with Crippen LogP contribution in [0.3, 0.4) is 0 Å². The van der Waals surface area contributed by atoms with Gasteiger partial charge in [-0.25, -0.2) is 4.39 Å². The van der Waals surface area contributed by atoms with Gasteiger partial charge in [0.25, 0.3) is 0 Å². The van der Waals surface area contributed by atoms with E-state index in [0.29, 0.717) is 11.5 Å². The van der Waals surface area contributed by atoms with Crippen molar-refractivity contribution in [3.8, 4) is 11.1 Å². The second kappa shape index (κ2) is 6.61. The number of benzene rings is 1. The highest BCUT2D eigenvalue weighted by Gasteiger charge is 2.26. The van der Waals surface area contributed by atoms with Crippen LogP contribution in [0.25, 0.3) is 11.1 Å². The van der Waals surface area contributed by atoms with Gasteiger partial charge in [0.1, 0.15) is 11.6 Å². The van der Waals surface area contributed by atoms with E-state index in [1.165, 1.54) is 6.07 Å². The summed E-state index contributed by atoms with van der Waals surface area (Å²) in [4.78, 5) is 2.39. The molecular formula is C19H20FN3O. The van der Waals surface area contributed by atoms with Crippen LogP contribution in [0.2, 0.25) is 0 Å². The Morgan fingerprint density at radius 1 is 1.21 bits per heavy atom. The minimum Gasteiger partial charge on any atom is -0.468 e. The third-order valence-corrected chi connectivity index (χ3v) is 4.71. The number of furan rings is 1. The summed E-state index contributed by atoms with van der Waals surface area (Å²) >= 11 is 0. The van der Waals surface area contributed by atoms with Crippen molar-refractivity contribution >= 4 is 0 Å². The molecule has 1 fully saturated rings. The number of halogens is 1. The molecule has 24 heavy (non-hydrogen) atoms. The highest BCUT2D eigenvalue weighted by molar-refractivity contribution is 5.66. The van der Waals surface area contributed by atoms with Crippen LogP contribution in [0.1, 0.15) is 30.2 Å². The molecule has 5 heteroatoms. The van der Waals surface area contributed by atoms with Crippen LogP contribution < -0.4 is 0 Å². The SMILES string of the molecule is Fc1ccccc1-c1cn[nH]c1C1CCCN(Cc2ccco2)C1. The van der Waals surface area contributed by atoms with E-state index in [1.54, 1.807) is 18.5 Å². The maximum absolute atomic E-state index is 14.2. The number of aromatic nitrogens is 2. The molecular weight excluding hydrogens is 305 g/mol. The quantitative estimate of drug-likeness (QED) is 0.782. The van der Waals surface area contributed by atoms with E-state index >= 15 is 0 Å². The lowest BCUT2D eigenvalue weighted by molar-refractivity contribution is 0.185. The number of hydrogen-bond acceptors (Lipinski definition) is 3. The van der Waals surface area contributed by atoms with E-state index in [9.17, 15) is 4.39 Å². The van der Waals surface area contributed by atoms with Gasteiger partial charge in [-0.2, -0.15) is 5.10 Å². The molecule has 0 amide bonds. The van der Waals surface area contributed by atoms with Crippen LogP contribution in [0, 0.1) is 5.82 Å². The molecule has 1 aromatic carbocycles. The number of likely N-dealkylation sites (tertiary alicyclic amines) is 1. The van der Waals surface area contributed by atoms with E-state index in [2.05, 4.69) is 15.1 Å². The molecule has 3 aromatic rings. The maximum Gasteiger partial charge on any atom is 0.131 e. The van der Waals surface area contributed by atoms with Gasteiger partial charge < -0.3 is 4.42 Å². The van der Waals surface area contributed by atoms with Crippen LogP contribution in [-0.4, -0.2) is 28.2 Å². The van der Waals surface area contributed by atoms with Gasteiger partial charge in [-0.1, -0.05) is 18.2 Å². The van der Waals surface area contributed by atoms with E-state index in [4.69, 9.17) is 4.42 Å². The Kier molecular flexibility index (Phi) is 4.17. The standard InChI is InChI=1S/C19H20FN3O/c20-18-8-2-1-7-16(18)17-11-21-22-19(17)14-5-3-9-23(12-14)13-15-6-4-10-24-15/h1-2,4,6-8,10-11,14H,3,5,9,12-13H2,(H,21,22). The third-order valence-electron chi connectivity index (χ3n) is 4.71. The van der Waals surface area contributed by atoms with E-state index in [-0.39, 0.29) is 5.82 Å². The monoisotopic (exact) mass is 325 g/mol. The summed E-state index contributed by atoms with van der Waals surface area (Å²) in [6.07, 6.45) is 5.64. The Morgan fingerprint density at radius 2 is 2.12 bits per heavy atom. The molecule has 0 spiro atoms. The van der Waals surface area contributed by atoms with Crippen molar-refractivity contribution in [2.24, 2.45) is 0 Å². The largest absolute Gasteiger partial charge is 0.468 e. The average Bonchev–Trinajstić information content (AvgIpc) is 3.27. The first-order valence-electron chi connectivity index (χ1n) is 8.34. The number of rotatable bonds is 4. The molecule has 0 bridgehead atoms. The van der Waals surface area contributed by atoms with E-state index in [1.807, 2.05) is 24.3 Å². The Balaban J connectivity index is 1.56. The van der Waals surface area contributed by atoms with Crippen molar-refractivity contribution in [1.29, 1.82) is 0 Å². The average molecular weight is 325 g/mol. The lowest BCUT2D eigenvalue weighted by Gasteiger charge is -2.32. The maximum atomic E-state index is 14.2. The molecule has 2 aromatic heterocycles. The van der Waals surface area contributed by atoms with Crippen molar-refractivity contribution in [2.45, 2.75) is 25.3 Å². The van der Waals surface area contributed by atoms with Gasteiger partial charge in [0, 0.05) is 29.3 Å². The first kappa shape index (κ1) is 15.1. The molecule has 4 nitrogen and oxygen atoms in total. The van der Waals surface area contributed by atoms with Gasteiger partial charge in [0.15, 0.2) is 0 Å². The first-order valence-corrected chi connectivity index (χ1v) is 8.34. The second-order valence-corrected chi connectivity index (χ2v) is 6.33. The summed E-state index contributed by atoms with van der Waals surface area (Å²) < 4.78 is 19.6. The number of hydrogen-bond donors (Lipinski definition) is 1. The molecule has 124 valence electrons. The van der Waals surface area contributed by atoms with Gasteiger partial charge in [0.2, 0.25) is 0 Å². The van der Waals surface area contributed by atoms with Crippen molar-refractivity contribution < 1.29 is 8.81 Å². The number of nitrogens with zero attached hydrogens (tertiary/aromatic N) is 2. The van der Waals surface area contributed by atoms with Gasteiger partial charge in [-0.3, -0.25) is 10.00 Å². The summed E-state index contributed by atoms with van der Waals surface area (Å²) in [5.41, 5.74) is 2.52. The number of nitrogens with one attached hydrogen (secondary N) is 1. The van der Waals surface area contributed by atoms with Gasteiger partial charge in [0.05, 0.1) is 19.0 Å². The predicted molar refractivity (Wildman–Crippen MR) is 89.9 cm³/mol. The minimum absolute atomic E-state index is 0.205. The molecule has 0 radical (unpaired) electrons. The zero-order valence-electron chi connectivity index (χ0n) is 13.4. The zero-order valence-corrected chi connectivity index (χ0v) is 13.4. The second-order valence-electron chi connectivity index (χ2n) is 6.33. The molecule has 1 aliphatic rings. The molecule has 1 unspecified atom stereocenters. The third kappa shape index (κ3) is 2.99. The van der Waals surface area contributed by atoms with Gasteiger partial charge in [-0.05, 0) is 37.6 Å². The summed E-state index contributed by atoms with van der Waals surface area (Å²) in [6, 6.07) is 10.8. The number of piperidine rings is 1. The predicted octanol–water partition coefficient (Wildman–Crippen LogP) is 4.19. The van der Waals surface area contributed by atoms with Crippen LogP contribution in [-0.2, 0) is 6.54 Å². The molecule has 3 heterocycles. The van der Waals surface area contributed by atoms with Crippen molar-refractivity contribution in [3.63, 3.8) is 0 Å². The molecule has 1 aliphatic heterocycles. The smallest absolute Gasteiger partial charge is 0.131 e. The minimum atomic E-state index is -0.205. The zero-order chi connectivity index (χ0) is 16.4. The summed E-state index contributed by atoms with van der Waals surface area (Å²) in [6.45, 7) is 2.79. The van der Waals surface area contributed by atoms with Crippen LogP contribution in [0.4, 0.5) is 4.39 Å². The van der Waals surface area contributed by atoms with Crippen molar-refractivity contribution in [2.75, 3.05) is 13.1 Å². The van der Waals surface area contributed by atoms with Crippen LogP contribution in [0.5, 0.6) is 0 Å². The molecule has 0 saturated carbocycles. The lowest BCUT2D eigenvalue weighted by atomic mass is 9.90. The molecule has 1 N–H and O–H groups in total. The number of H-pyrrole nitrogens is 1. The topological polar surface area (TPSA) is 45.1 Å². The Hall–Kier alpha value is -2.40. The Bertz CT molecular complexity index is 797. The van der Waals surface area contributed by atoms with Crippen molar-refractivity contribution in [3.05, 3.63) is 66.1 Å². The van der Waals surface area contributed by atoms with Crippen LogP contribution in [0.15, 0.2) is 53.3 Å².